The molecule has 156 valence electrons. The molecule has 26 heavy (non-hydrogen) atoms. The van der Waals surface area contributed by atoms with Crippen molar-refractivity contribution in [3.05, 3.63) is 0 Å². The first kappa shape index (κ1) is 25.0. The Balaban J connectivity index is 4.18. The maximum absolute atomic E-state index is 12.3. The van der Waals surface area contributed by atoms with Gasteiger partial charge in [-0.1, -0.05) is 13.8 Å². The van der Waals surface area contributed by atoms with Gasteiger partial charge in [0, 0.05) is 19.1 Å². The summed E-state index contributed by atoms with van der Waals surface area (Å²) in [5.41, 5.74) is 0. The summed E-state index contributed by atoms with van der Waals surface area (Å²) >= 11 is 0. The zero-order chi connectivity index (χ0) is 20.0. The van der Waals surface area contributed by atoms with E-state index in [2.05, 4.69) is 41.3 Å². The van der Waals surface area contributed by atoms with Crippen molar-refractivity contribution < 1.29 is 13.2 Å². The summed E-state index contributed by atoms with van der Waals surface area (Å²) in [6.45, 7) is 12.5. The van der Waals surface area contributed by atoms with E-state index < -0.39 is 12.7 Å². The van der Waals surface area contributed by atoms with E-state index in [1.54, 1.807) is 0 Å². The van der Waals surface area contributed by atoms with Gasteiger partial charge in [0.15, 0.2) is 5.96 Å². The van der Waals surface area contributed by atoms with Crippen LogP contribution in [0.25, 0.3) is 0 Å². The number of nitrogens with one attached hydrogen (secondary N) is 2. The average molecular weight is 382 g/mol. The van der Waals surface area contributed by atoms with Crippen LogP contribution in [0, 0.1) is 0 Å². The van der Waals surface area contributed by atoms with Crippen LogP contribution < -0.4 is 10.6 Å². The Morgan fingerprint density at radius 3 is 2.27 bits per heavy atom. The summed E-state index contributed by atoms with van der Waals surface area (Å²) < 4.78 is 36.9. The van der Waals surface area contributed by atoms with Crippen molar-refractivity contribution in [1.82, 2.24) is 20.4 Å². The second-order valence-electron chi connectivity index (χ2n) is 6.68. The molecule has 0 fully saturated rings. The zero-order valence-electron chi connectivity index (χ0n) is 17.1. The van der Waals surface area contributed by atoms with Gasteiger partial charge < -0.3 is 15.5 Å². The molecule has 1 atom stereocenters. The summed E-state index contributed by atoms with van der Waals surface area (Å²) in [4.78, 5) is 8.16. The van der Waals surface area contributed by atoms with Crippen molar-refractivity contribution in [2.75, 3.05) is 52.9 Å². The topological polar surface area (TPSA) is 42.9 Å². The van der Waals surface area contributed by atoms with Gasteiger partial charge in [0.2, 0.25) is 0 Å². The fourth-order valence-electron chi connectivity index (χ4n) is 2.70. The number of nitrogens with zero attached hydrogens (tertiary/aromatic N) is 3. The van der Waals surface area contributed by atoms with Crippen molar-refractivity contribution in [1.29, 1.82) is 0 Å². The van der Waals surface area contributed by atoms with Crippen LogP contribution in [-0.4, -0.2) is 80.8 Å². The number of aliphatic imine (C=N–C) groups is 1. The highest BCUT2D eigenvalue weighted by Gasteiger charge is 2.28. The highest BCUT2D eigenvalue weighted by molar-refractivity contribution is 5.80. The Hall–Kier alpha value is -1.02. The minimum absolute atomic E-state index is 0.302. The minimum Gasteiger partial charge on any atom is -0.357 e. The summed E-state index contributed by atoms with van der Waals surface area (Å²) in [6.07, 6.45) is -1.37. The minimum atomic E-state index is -4.14. The Morgan fingerprint density at radius 2 is 1.73 bits per heavy atom. The first-order valence-corrected chi connectivity index (χ1v) is 9.74. The summed E-state index contributed by atoms with van der Waals surface area (Å²) in [5.74, 6) is 0.737. The molecule has 0 aliphatic rings. The number of halogens is 3. The van der Waals surface area contributed by atoms with Gasteiger partial charge in [-0.3, -0.25) is 9.89 Å². The predicted molar refractivity (Wildman–Crippen MR) is 104 cm³/mol. The average Bonchev–Trinajstić information content (AvgIpc) is 2.54. The largest absolute Gasteiger partial charge is 0.401 e. The molecule has 5 nitrogen and oxygen atoms in total. The SMILES string of the molecule is CCNC(=NCCCN(C)CC(F)(F)F)NC(C)CCCN(CC)CC. The van der Waals surface area contributed by atoms with E-state index in [9.17, 15) is 13.2 Å². The van der Waals surface area contributed by atoms with Crippen LogP contribution in [0.2, 0.25) is 0 Å². The van der Waals surface area contributed by atoms with Crippen molar-refractivity contribution in [2.24, 2.45) is 4.99 Å². The van der Waals surface area contributed by atoms with Crippen molar-refractivity contribution in [3.63, 3.8) is 0 Å². The lowest BCUT2D eigenvalue weighted by Crippen LogP contribution is -2.42. The molecule has 0 aromatic heterocycles. The quantitative estimate of drug-likeness (QED) is 0.292. The van der Waals surface area contributed by atoms with Crippen LogP contribution >= 0.6 is 0 Å². The van der Waals surface area contributed by atoms with Crippen LogP contribution in [0.5, 0.6) is 0 Å². The van der Waals surface area contributed by atoms with Gasteiger partial charge in [0.25, 0.3) is 0 Å². The monoisotopic (exact) mass is 381 g/mol. The molecule has 2 N–H and O–H groups in total. The molecule has 0 amide bonds. The molecule has 0 spiro atoms. The smallest absolute Gasteiger partial charge is 0.357 e. The summed E-state index contributed by atoms with van der Waals surface area (Å²) in [6, 6.07) is 0.302. The second-order valence-corrected chi connectivity index (χ2v) is 6.68. The van der Waals surface area contributed by atoms with Gasteiger partial charge in [0.1, 0.15) is 0 Å². The van der Waals surface area contributed by atoms with Gasteiger partial charge in [-0.25, -0.2) is 0 Å². The molecule has 0 bridgehead atoms. The van der Waals surface area contributed by atoms with Crippen LogP contribution in [0.15, 0.2) is 4.99 Å². The third-order valence-electron chi connectivity index (χ3n) is 4.15. The van der Waals surface area contributed by atoms with E-state index in [-0.39, 0.29) is 0 Å². The van der Waals surface area contributed by atoms with Gasteiger partial charge in [0.05, 0.1) is 6.54 Å². The van der Waals surface area contributed by atoms with Crippen LogP contribution in [0.3, 0.4) is 0 Å². The maximum atomic E-state index is 12.3. The highest BCUT2D eigenvalue weighted by Crippen LogP contribution is 2.15. The van der Waals surface area contributed by atoms with Gasteiger partial charge in [-0.15, -0.1) is 0 Å². The van der Waals surface area contributed by atoms with E-state index in [1.165, 1.54) is 11.9 Å². The molecule has 0 radical (unpaired) electrons. The molecule has 0 heterocycles. The molecule has 0 aromatic carbocycles. The molecule has 0 rings (SSSR count). The lowest BCUT2D eigenvalue weighted by Gasteiger charge is -2.21. The second kappa shape index (κ2) is 14.1. The Labute approximate surface area is 157 Å². The van der Waals surface area contributed by atoms with E-state index in [0.29, 0.717) is 25.6 Å². The molecule has 0 aliphatic heterocycles. The van der Waals surface area contributed by atoms with E-state index in [4.69, 9.17) is 0 Å². The fourth-order valence-corrected chi connectivity index (χ4v) is 2.70. The number of guanidine groups is 1. The first-order chi connectivity index (χ1) is 12.2. The Bertz CT molecular complexity index is 370. The molecule has 0 aromatic rings. The molecule has 0 aliphatic carbocycles. The lowest BCUT2D eigenvalue weighted by molar-refractivity contribution is -0.143. The standard InChI is InChI=1S/C18H38F3N5/c1-6-22-17(23-12-10-13-25(5)15-18(19,20)21)24-16(4)11-9-14-26(7-2)8-3/h16H,6-15H2,1-5H3,(H2,22,23,24). The fraction of sp³-hybridized carbons (Fsp3) is 0.944. The first-order valence-electron chi connectivity index (χ1n) is 9.74. The molecule has 1 unspecified atom stereocenters. The van der Waals surface area contributed by atoms with Gasteiger partial charge in [-0.2, -0.15) is 13.2 Å². The molecular weight excluding hydrogens is 343 g/mol. The molecular formula is C18H38F3N5. The van der Waals surface area contributed by atoms with Gasteiger partial charge in [-0.05, 0) is 66.3 Å². The number of hydrogen-bond donors (Lipinski definition) is 2. The molecule has 0 saturated carbocycles. The van der Waals surface area contributed by atoms with E-state index in [1.807, 2.05) is 6.92 Å². The van der Waals surface area contributed by atoms with Crippen LogP contribution in [0.4, 0.5) is 13.2 Å². The predicted octanol–water partition coefficient (Wildman–Crippen LogP) is 2.94. The third kappa shape index (κ3) is 14.2. The van der Waals surface area contributed by atoms with Crippen LogP contribution in [0.1, 0.15) is 47.0 Å². The van der Waals surface area contributed by atoms with Gasteiger partial charge >= 0.3 is 6.18 Å². The van der Waals surface area contributed by atoms with Crippen molar-refractivity contribution in [2.45, 2.75) is 59.2 Å². The Kier molecular flexibility index (Phi) is 13.5. The van der Waals surface area contributed by atoms with Crippen LogP contribution in [-0.2, 0) is 0 Å². The lowest BCUT2D eigenvalue weighted by atomic mass is 10.2. The number of hydrogen-bond acceptors (Lipinski definition) is 3. The summed E-state index contributed by atoms with van der Waals surface area (Å²) in [5, 5.41) is 6.58. The van der Waals surface area contributed by atoms with Crippen molar-refractivity contribution in [3.8, 4) is 0 Å². The number of alkyl halides is 3. The van der Waals surface area contributed by atoms with E-state index >= 15 is 0 Å². The van der Waals surface area contributed by atoms with E-state index in [0.717, 1.165) is 45.0 Å². The van der Waals surface area contributed by atoms with Crippen molar-refractivity contribution >= 4 is 5.96 Å². The maximum Gasteiger partial charge on any atom is 0.401 e. The third-order valence-corrected chi connectivity index (χ3v) is 4.15. The summed E-state index contributed by atoms with van der Waals surface area (Å²) in [7, 11) is 1.48. The number of rotatable bonds is 13. The molecule has 8 heteroatoms. The Morgan fingerprint density at radius 1 is 1.08 bits per heavy atom. The highest BCUT2D eigenvalue weighted by atomic mass is 19.4. The molecule has 0 saturated heterocycles. The normalized spacial score (nSPS) is 14.2. The zero-order valence-corrected chi connectivity index (χ0v) is 17.1.